The molecule has 0 spiro atoms. The van der Waals surface area contributed by atoms with Gasteiger partial charge in [-0.1, -0.05) is 35.0 Å². The molecule has 0 heterocycles. The second-order valence-corrected chi connectivity index (χ2v) is 4.93. The zero-order valence-corrected chi connectivity index (χ0v) is 9.14. The first-order valence-electron chi connectivity index (χ1n) is 4.60. The van der Waals surface area contributed by atoms with Gasteiger partial charge in [0.25, 0.3) is 0 Å². The molecule has 1 aliphatic carbocycles. The molecule has 70 valence electrons. The summed E-state index contributed by atoms with van der Waals surface area (Å²) in [6.45, 7) is 2.17. The zero-order valence-electron chi connectivity index (χ0n) is 7.56. The highest BCUT2D eigenvalue weighted by Crippen LogP contribution is 2.39. The second kappa shape index (κ2) is 3.41. The van der Waals surface area contributed by atoms with Gasteiger partial charge in [-0.25, -0.2) is 4.39 Å². The maximum atomic E-state index is 13.4. The van der Waals surface area contributed by atoms with Crippen molar-refractivity contribution in [1.82, 2.24) is 0 Å². The lowest BCUT2D eigenvalue weighted by Crippen LogP contribution is -2.14. The fourth-order valence-electron chi connectivity index (χ4n) is 2.00. The fourth-order valence-corrected chi connectivity index (χ4v) is 3.06. The average Bonchev–Trinajstić information content (AvgIpc) is 2.07. The summed E-state index contributed by atoms with van der Waals surface area (Å²) in [6, 6.07) is 5.36. The van der Waals surface area contributed by atoms with Gasteiger partial charge in [-0.15, -0.1) is 0 Å². The van der Waals surface area contributed by atoms with E-state index in [-0.39, 0.29) is 5.82 Å². The molecule has 1 aromatic carbocycles. The number of alkyl halides is 1. The van der Waals surface area contributed by atoms with Crippen molar-refractivity contribution in [3.63, 3.8) is 0 Å². The maximum Gasteiger partial charge on any atom is 0.126 e. The lowest BCUT2D eigenvalue weighted by molar-refractivity contribution is 0.476. The van der Waals surface area contributed by atoms with Gasteiger partial charge in [0.05, 0.1) is 0 Å². The van der Waals surface area contributed by atoms with Crippen molar-refractivity contribution in [3.05, 3.63) is 35.1 Å². The van der Waals surface area contributed by atoms with E-state index in [2.05, 4.69) is 22.9 Å². The van der Waals surface area contributed by atoms with Crippen LogP contribution in [-0.4, -0.2) is 0 Å². The van der Waals surface area contributed by atoms with Gasteiger partial charge < -0.3 is 0 Å². The Labute approximate surface area is 86.3 Å². The normalized spacial score (nSPS) is 27.0. The summed E-state index contributed by atoms with van der Waals surface area (Å²) in [4.78, 5) is 0.335. The highest BCUT2D eigenvalue weighted by Gasteiger charge is 2.24. The van der Waals surface area contributed by atoms with Crippen LogP contribution in [0.15, 0.2) is 18.2 Å². The summed E-state index contributed by atoms with van der Waals surface area (Å²) in [5, 5.41) is 0. The van der Waals surface area contributed by atoms with Crippen molar-refractivity contribution in [2.45, 2.75) is 24.6 Å². The molecule has 0 aliphatic heterocycles. The van der Waals surface area contributed by atoms with Crippen LogP contribution < -0.4 is 0 Å². The average molecular weight is 243 g/mol. The van der Waals surface area contributed by atoms with Crippen LogP contribution in [0.4, 0.5) is 4.39 Å². The van der Waals surface area contributed by atoms with Gasteiger partial charge in [-0.2, -0.15) is 0 Å². The Bertz CT molecular complexity index is 322. The molecular formula is C11H12BrF. The van der Waals surface area contributed by atoms with Gasteiger partial charge in [-0.05, 0) is 36.0 Å². The summed E-state index contributed by atoms with van der Waals surface area (Å²) in [5.74, 6) is 0.530. The molecule has 2 rings (SSSR count). The number of hydrogen-bond acceptors (Lipinski definition) is 0. The smallest absolute Gasteiger partial charge is 0.126 e. The maximum absolute atomic E-state index is 13.4. The number of fused-ring (bicyclic) bond motifs is 1. The Kier molecular flexibility index (Phi) is 2.41. The highest BCUT2D eigenvalue weighted by atomic mass is 79.9. The Morgan fingerprint density at radius 2 is 2.23 bits per heavy atom. The fraction of sp³-hybridized carbons (Fsp3) is 0.455. The summed E-state index contributed by atoms with van der Waals surface area (Å²) in [6.07, 6.45) is 1.99. The van der Waals surface area contributed by atoms with Gasteiger partial charge in [0.2, 0.25) is 0 Å². The largest absolute Gasteiger partial charge is 0.207 e. The first kappa shape index (κ1) is 9.20. The molecule has 0 bridgehead atoms. The molecule has 0 nitrogen and oxygen atoms in total. The lowest BCUT2D eigenvalue weighted by Gasteiger charge is -2.26. The third-order valence-corrected chi connectivity index (χ3v) is 3.52. The van der Waals surface area contributed by atoms with E-state index in [9.17, 15) is 4.39 Å². The topological polar surface area (TPSA) is 0 Å². The molecule has 0 amide bonds. The van der Waals surface area contributed by atoms with E-state index in [0.29, 0.717) is 10.7 Å². The van der Waals surface area contributed by atoms with Gasteiger partial charge >= 0.3 is 0 Å². The van der Waals surface area contributed by atoms with Crippen molar-refractivity contribution in [1.29, 1.82) is 0 Å². The number of halogens is 2. The summed E-state index contributed by atoms with van der Waals surface area (Å²) in [5.41, 5.74) is 2.04. The third-order valence-electron chi connectivity index (χ3n) is 2.65. The van der Waals surface area contributed by atoms with Gasteiger partial charge in [0.15, 0.2) is 0 Å². The number of rotatable bonds is 0. The van der Waals surface area contributed by atoms with Gasteiger partial charge in [0, 0.05) is 4.83 Å². The molecule has 2 atom stereocenters. The van der Waals surface area contributed by atoms with Crippen LogP contribution >= 0.6 is 15.9 Å². The van der Waals surface area contributed by atoms with E-state index in [1.807, 2.05) is 6.07 Å². The molecular weight excluding hydrogens is 231 g/mol. The van der Waals surface area contributed by atoms with Crippen LogP contribution in [0.1, 0.15) is 29.3 Å². The highest BCUT2D eigenvalue weighted by molar-refractivity contribution is 9.09. The van der Waals surface area contributed by atoms with Crippen molar-refractivity contribution in [2.75, 3.05) is 0 Å². The van der Waals surface area contributed by atoms with Crippen molar-refractivity contribution >= 4 is 15.9 Å². The van der Waals surface area contributed by atoms with Gasteiger partial charge in [-0.3, -0.25) is 0 Å². The van der Waals surface area contributed by atoms with Gasteiger partial charge in [0.1, 0.15) is 5.82 Å². The molecule has 1 aromatic rings. The van der Waals surface area contributed by atoms with Crippen LogP contribution in [-0.2, 0) is 6.42 Å². The van der Waals surface area contributed by atoms with Crippen LogP contribution in [0, 0.1) is 11.7 Å². The Hall–Kier alpha value is -0.370. The monoisotopic (exact) mass is 242 g/mol. The lowest BCUT2D eigenvalue weighted by atomic mass is 9.85. The Morgan fingerprint density at radius 1 is 1.46 bits per heavy atom. The predicted octanol–water partition coefficient (Wildman–Crippen LogP) is 3.84. The minimum absolute atomic E-state index is 0.0477. The summed E-state index contributed by atoms with van der Waals surface area (Å²) in [7, 11) is 0. The van der Waals surface area contributed by atoms with Crippen molar-refractivity contribution < 1.29 is 4.39 Å². The van der Waals surface area contributed by atoms with Crippen LogP contribution in [0.25, 0.3) is 0 Å². The van der Waals surface area contributed by atoms with Crippen LogP contribution in [0.5, 0.6) is 0 Å². The summed E-state index contributed by atoms with van der Waals surface area (Å²) < 4.78 is 13.4. The van der Waals surface area contributed by atoms with E-state index in [0.717, 1.165) is 24.0 Å². The SMILES string of the molecule is CC1Cc2c(F)cccc2C(Br)C1. The number of benzene rings is 1. The number of hydrogen-bond donors (Lipinski definition) is 0. The molecule has 0 saturated heterocycles. The molecule has 0 aromatic heterocycles. The molecule has 2 heteroatoms. The molecule has 0 fully saturated rings. The molecule has 2 unspecified atom stereocenters. The Balaban J connectivity index is 2.49. The van der Waals surface area contributed by atoms with E-state index in [4.69, 9.17) is 0 Å². The second-order valence-electron chi connectivity index (χ2n) is 3.82. The van der Waals surface area contributed by atoms with E-state index in [1.165, 1.54) is 0 Å². The molecule has 0 N–H and O–H groups in total. The van der Waals surface area contributed by atoms with E-state index in [1.54, 1.807) is 12.1 Å². The molecule has 0 radical (unpaired) electrons. The quantitative estimate of drug-likeness (QED) is 0.607. The van der Waals surface area contributed by atoms with Crippen LogP contribution in [0.3, 0.4) is 0 Å². The Morgan fingerprint density at radius 3 is 3.00 bits per heavy atom. The standard InChI is InChI=1S/C11H12BrF/c1-7-5-9-8(10(12)6-7)3-2-4-11(9)13/h2-4,7,10H,5-6H2,1H3. The van der Waals surface area contributed by atoms with E-state index >= 15 is 0 Å². The minimum Gasteiger partial charge on any atom is -0.207 e. The van der Waals surface area contributed by atoms with Crippen LogP contribution in [0.2, 0.25) is 0 Å². The predicted molar refractivity (Wildman–Crippen MR) is 55.6 cm³/mol. The molecule has 1 aliphatic rings. The van der Waals surface area contributed by atoms with Crippen molar-refractivity contribution in [2.24, 2.45) is 5.92 Å². The van der Waals surface area contributed by atoms with Crippen molar-refractivity contribution in [3.8, 4) is 0 Å². The molecule has 13 heavy (non-hydrogen) atoms. The molecule has 0 saturated carbocycles. The zero-order chi connectivity index (χ0) is 9.42. The third kappa shape index (κ3) is 1.64. The summed E-state index contributed by atoms with van der Waals surface area (Å²) >= 11 is 3.59. The first-order valence-corrected chi connectivity index (χ1v) is 5.51. The minimum atomic E-state index is -0.0477. The first-order chi connectivity index (χ1) is 6.18. The van der Waals surface area contributed by atoms with E-state index < -0.39 is 0 Å².